The molecule has 0 atom stereocenters. The van der Waals surface area contributed by atoms with Crippen LogP contribution in [0.4, 0.5) is 10.8 Å². The van der Waals surface area contributed by atoms with E-state index in [4.69, 9.17) is 17.3 Å². The zero-order valence-electron chi connectivity index (χ0n) is 13.6. The summed E-state index contributed by atoms with van der Waals surface area (Å²) in [5.41, 5.74) is 9.24. The Morgan fingerprint density at radius 3 is 2.62 bits per heavy atom. The van der Waals surface area contributed by atoms with E-state index >= 15 is 0 Å². The van der Waals surface area contributed by atoms with E-state index in [0.29, 0.717) is 20.7 Å². The Balaban J connectivity index is 1.69. The Kier molecular flexibility index (Phi) is 4.36. The van der Waals surface area contributed by atoms with Gasteiger partial charge >= 0.3 is 0 Å². The van der Waals surface area contributed by atoms with Crippen molar-refractivity contribution < 1.29 is 4.79 Å². The van der Waals surface area contributed by atoms with Crippen molar-refractivity contribution >= 4 is 61.2 Å². The fourth-order valence-corrected chi connectivity index (χ4v) is 4.31. The van der Waals surface area contributed by atoms with E-state index < -0.39 is 0 Å². The summed E-state index contributed by atoms with van der Waals surface area (Å²) in [6.07, 6.45) is 0. The number of halogens is 1. The molecule has 130 valence electrons. The molecule has 3 aromatic heterocycles. The number of nitrogens with one attached hydrogen (secondary N) is 1. The molecule has 3 heterocycles. The third-order valence-corrected chi connectivity index (χ3v) is 6.02. The molecule has 1 amide bonds. The van der Waals surface area contributed by atoms with E-state index in [-0.39, 0.29) is 5.91 Å². The molecule has 26 heavy (non-hydrogen) atoms. The van der Waals surface area contributed by atoms with Crippen molar-refractivity contribution in [2.75, 3.05) is 11.1 Å². The summed E-state index contributed by atoms with van der Waals surface area (Å²) in [5, 5.41) is 6.67. The number of aromatic nitrogens is 2. The molecule has 0 bridgehead atoms. The van der Waals surface area contributed by atoms with E-state index in [9.17, 15) is 4.79 Å². The largest absolute Gasteiger partial charge is 0.397 e. The molecule has 0 aliphatic heterocycles. The number of anilines is 2. The number of fused-ring (bicyclic) bond motifs is 1. The molecule has 5 nitrogen and oxygen atoms in total. The van der Waals surface area contributed by atoms with Crippen LogP contribution in [0.25, 0.3) is 21.5 Å². The SMILES string of the molecule is Cc1csc(NC(=O)c2sc3nc(-c4ccc(Cl)cc4)ccc3c2N)n1. The number of thiophene rings is 1. The first-order valence-electron chi connectivity index (χ1n) is 7.70. The number of nitrogens with zero attached hydrogens (tertiary/aromatic N) is 2. The highest BCUT2D eigenvalue weighted by Gasteiger charge is 2.18. The van der Waals surface area contributed by atoms with E-state index in [1.807, 2.05) is 48.7 Å². The first kappa shape index (κ1) is 17.0. The molecule has 0 aliphatic rings. The minimum absolute atomic E-state index is 0.270. The van der Waals surface area contributed by atoms with Crippen LogP contribution >= 0.6 is 34.3 Å². The lowest BCUT2D eigenvalue weighted by Gasteiger charge is -2.01. The molecular weight excluding hydrogens is 388 g/mol. The summed E-state index contributed by atoms with van der Waals surface area (Å²) in [7, 11) is 0. The molecule has 0 radical (unpaired) electrons. The van der Waals surface area contributed by atoms with E-state index in [2.05, 4.69) is 15.3 Å². The minimum atomic E-state index is -0.270. The van der Waals surface area contributed by atoms with Crippen molar-refractivity contribution in [3.05, 3.63) is 57.4 Å². The van der Waals surface area contributed by atoms with Crippen LogP contribution in [0, 0.1) is 6.92 Å². The number of nitrogens with two attached hydrogens (primary N) is 1. The van der Waals surface area contributed by atoms with Crippen LogP contribution < -0.4 is 11.1 Å². The number of carbonyl (C=O) groups excluding carboxylic acids is 1. The quantitative estimate of drug-likeness (QED) is 0.494. The zero-order valence-corrected chi connectivity index (χ0v) is 16.0. The van der Waals surface area contributed by atoms with Gasteiger partial charge < -0.3 is 5.73 Å². The van der Waals surface area contributed by atoms with Crippen LogP contribution in [0.1, 0.15) is 15.4 Å². The van der Waals surface area contributed by atoms with Crippen LogP contribution in [-0.2, 0) is 0 Å². The molecular formula is C18H13ClN4OS2. The van der Waals surface area contributed by atoms with Crippen molar-refractivity contribution in [1.29, 1.82) is 0 Å². The Hall–Kier alpha value is -2.48. The van der Waals surface area contributed by atoms with Gasteiger partial charge in [-0.3, -0.25) is 10.1 Å². The standard InChI is InChI=1S/C18H13ClN4OS2/c1-9-8-25-18(21-9)23-16(24)15-14(20)12-6-7-13(22-17(12)26-15)10-2-4-11(19)5-3-10/h2-8H,20H2,1H3,(H,21,23,24). The highest BCUT2D eigenvalue weighted by molar-refractivity contribution is 7.21. The monoisotopic (exact) mass is 400 g/mol. The van der Waals surface area contributed by atoms with Crippen molar-refractivity contribution in [2.45, 2.75) is 6.92 Å². The number of hydrogen-bond donors (Lipinski definition) is 2. The third kappa shape index (κ3) is 3.16. The van der Waals surface area contributed by atoms with Crippen LogP contribution in [-0.4, -0.2) is 15.9 Å². The molecule has 0 spiro atoms. The molecule has 0 saturated carbocycles. The number of hydrogen-bond acceptors (Lipinski definition) is 6. The minimum Gasteiger partial charge on any atom is -0.397 e. The number of amides is 1. The molecule has 3 N–H and O–H groups in total. The maximum absolute atomic E-state index is 12.5. The van der Waals surface area contributed by atoms with Crippen LogP contribution in [0.5, 0.6) is 0 Å². The predicted octanol–water partition coefficient (Wildman–Crippen LogP) is 5.22. The van der Waals surface area contributed by atoms with Gasteiger partial charge in [0, 0.05) is 21.4 Å². The lowest BCUT2D eigenvalue weighted by molar-refractivity contribution is 0.103. The van der Waals surface area contributed by atoms with Crippen molar-refractivity contribution in [2.24, 2.45) is 0 Å². The Morgan fingerprint density at radius 1 is 1.15 bits per heavy atom. The van der Waals surface area contributed by atoms with Crippen LogP contribution in [0.15, 0.2) is 41.8 Å². The number of rotatable bonds is 3. The molecule has 0 aliphatic carbocycles. The second kappa shape index (κ2) is 6.68. The number of benzene rings is 1. The molecule has 4 aromatic rings. The van der Waals surface area contributed by atoms with Gasteiger partial charge in [0.2, 0.25) is 0 Å². The summed E-state index contributed by atoms with van der Waals surface area (Å²) < 4.78 is 0. The first-order chi connectivity index (χ1) is 12.5. The Labute approximate surface area is 162 Å². The number of pyridine rings is 1. The number of nitrogen functional groups attached to an aromatic ring is 1. The molecule has 0 saturated heterocycles. The van der Waals surface area contributed by atoms with Gasteiger partial charge in [0.1, 0.15) is 9.71 Å². The van der Waals surface area contributed by atoms with Crippen LogP contribution in [0.3, 0.4) is 0 Å². The highest BCUT2D eigenvalue weighted by atomic mass is 35.5. The van der Waals surface area contributed by atoms with E-state index in [1.165, 1.54) is 22.7 Å². The summed E-state index contributed by atoms with van der Waals surface area (Å²) in [6.45, 7) is 1.88. The second-order valence-corrected chi connectivity index (χ2v) is 7.94. The molecule has 1 aromatic carbocycles. The highest BCUT2D eigenvalue weighted by Crippen LogP contribution is 2.35. The molecule has 0 fully saturated rings. The lowest BCUT2D eigenvalue weighted by atomic mass is 10.1. The molecule has 8 heteroatoms. The molecule has 0 unspecified atom stereocenters. The van der Waals surface area contributed by atoms with Gasteiger partial charge in [-0.25, -0.2) is 9.97 Å². The number of aryl methyl sites for hydroxylation is 1. The van der Waals surface area contributed by atoms with Crippen molar-refractivity contribution in [3.63, 3.8) is 0 Å². The normalized spacial score (nSPS) is 11.0. The lowest BCUT2D eigenvalue weighted by Crippen LogP contribution is -2.11. The van der Waals surface area contributed by atoms with Crippen LogP contribution in [0.2, 0.25) is 5.02 Å². The molecule has 4 rings (SSSR count). The zero-order chi connectivity index (χ0) is 18.3. The summed E-state index contributed by atoms with van der Waals surface area (Å²) in [4.78, 5) is 22.6. The fraction of sp³-hybridized carbons (Fsp3) is 0.0556. The predicted molar refractivity (Wildman–Crippen MR) is 109 cm³/mol. The first-order valence-corrected chi connectivity index (χ1v) is 9.77. The second-order valence-electron chi connectivity index (χ2n) is 5.65. The third-order valence-electron chi connectivity index (χ3n) is 3.78. The van der Waals surface area contributed by atoms with E-state index in [1.54, 1.807) is 0 Å². The van der Waals surface area contributed by atoms with Gasteiger partial charge in [0.05, 0.1) is 17.1 Å². The topological polar surface area (TPSA) is 80.9 Å². The van der Waals surface area contributed by atoms with Gasteiger partial charge in [-0.05, 0) is 31.2 Å². The average Bonchev–Trinajstić information content (AvgIpc) is 3.18. The number of thiazole rings is 1. The van der Waals surface area contributed by atoms with Gasteiger partial charge in [-0.1, -0.05) is 23.7 Å². The maximum atomic E-state index is 12.5. The Bertz CT molecular complexity index is 1120. The smallest absolute Gasteiger partial charge is 0.269 e. The maximum Gasteiger partial charge on any atom is 0.269 e. The van der Waals surface area contributed by atoms with Gasteiger partial charge in [-0.2, -0.15) is 0 Å². The summed E-state index contributed by atoms with van der Waals surface area (Å²) in [5.74, 6) is -0.270. The summed E-state index contributed by atoms with van der Waals surface area (Å²) >= 11 is 8.59. The number of carbonyl (C=O) groups is 1. The van der Waals surface area contributed by atoms with Crippen molar-refractivity contribution in [3.8, 4) is 11.3 Å². The Morgan fingerprint density at radius 2 is 1.92 bits per heavy atom. The fourth-order valence-electron chi connectivity index (χ4n) is 2.51. The van der Waals surface area contributed by atoms with Gasteiger partial charge in [0.15, 0.2) is 5.13 Å². The van der Waals surface area contributed by atoms with Gasteiger partial charge in [0.25, 0.3) is 5.91 Å². The average molecular weight is 401 g/mol. The van der Waals surface area contributed by atoms with E-state index in [0.717, 1.165) is 27.2 Å². The van der Waals surface area contributed by atoms with Gasteiger partial charge in [-0.15, -0.1) is 22.7 Å². The van der Waals surface area contributed by atoms with Crippen molar-refractivity contribution in [1.82, 2.24) is 9.97 Å². The summed E-state index contributed by atoms with van der Waals surface area (Å²) in [6, 6.07) is 11.2.